The van der Waals surface area contributed by atoms with Gasteiger partial charge in [0.1, 0.15) is 11.5 Å². The Labute approximate surface area is 115 Å². The van der Waals surface area contributed by atoms with E-state index >= 15 is 0 Å². The van der Waals surface area contributed by atoms with E-state index in [1.165, 1.54) is 0 Å². The van der Waals surface area contributed by atoms with Gasteiger partial charge in [-0.05, 0) is 31.2 Å². The maximum absolute atomic E-state index is 11.8. The summed E-state index contributed by atoms with van der Waals surface area (Å²) in [5.74, 6) is 1.47. The number of alkyl halides is 1. The number of ketones is 1. The summed E-state index contributed by atoms with van der Waals surface area (Å²) in [5.41, 5.74) is 0.646. The van der Waals surface area contributed by atoms with E-state index in [0.717, 1.165) is 5.75 Å². The van der Waals surface area contributed by atoms with Crippen LogP contribution < -0.4 is 4.74 Å². The molecule has 0 fully saturated rings. The van der Waals surface area contributed by atoms with Gasteiger partial charge >= 0.3 is 0 Å². The van der Waals surface area contributed by atoms with Crippen molar-refractivity contribution in [3.63, 3.8) is 0 Å². The molecule has 0 aromatic heterocycles. The molecule has 1 atom stereocenters. The number of hydrogen-bond donors (Lipinski definition) is 0. The number of carbonyl (C=O) groups excluding carboxylic acids is 1. The Morgan fingerprint density at radius 1 is 1.06 bits per heavy atom. The number of para-hydroxylation sites is 1. The van der Waals surface area contributed by atoms with Crippen molar-refractivity contribution < 1.29 is 9.53 Å². The molecule has 2 aromatic rings. The minimum absolute atomic E-state index is 0.0495. The minimum atomic E-state index is -0.190. The van der Waals surface area contributed by atoms with Crippen molar-refractivity contribution in [1.29, 1.82) is 0 Å². The van der Waals surface area contributed by atoms with Crippen molar-refractivity contribution in [2.24, 2.45) is 0 Å². The molecule has 0 aliphatic carbocycles. The normalized spacial score (nSPS) is 11.9. The second kappa shape index (κ2) is 5.83. The number of ether oxygens (including phenoxy) is 1. The van der Waals surface area contributed by atoms with Gasteiger partial charge in [0.15, 0.2) is 5.78 Å². The predicted octanol–water partition coefficient (Wildman–Crippen LogP) is 4.45. The first-order valence-corrected chi connectivity index (χ1v) is 6.59. The first-order valence-electron chi connectivity index (χ1n) is 5.68. The van der Waals surface area contributed by atoms with Crippen LogP contribution in [0.4, 0.5) is 0 Å². The van der Waals surface area contributed by atoms with Crippen molar-refractivity contribution in [2.45, 2.75) is 11.8 Å². The first-order chi connectivity index (χ1) is 8.66. The van der Waals surface area contributed by atoms with Crippen LogP contribution in [-0.2, 0) is 0 Å². The predicted molar refractivity (Wildman–Crippen MR) is 75.7 cm³/mol. The van der Waals surface area contributed by atoms with Crippen molar-refractivity contribution in [3.8, 4) is 11.5 Å². The molecule has 0 spiro atoms. The molecule has 2 aromatic carbocycles. The fourth-order valence-electron chi connectivity index (χ4n) is 1.57. The van der Waals surface area contributed by atoms with Gasteiger partial charge in [0.25, 0.3) is 0 Å². The Kier molecular flexibility index (Phi) is 4.15. The molecule has 0 bridgehead atoms. The molecule has 0 amide bonds. The lowest BCUT2D eigenvalue weighted by atomic mass is 10.1. The quantitative estimate of drug-likeness (QED) is 0.616. The van der Waals surface area contributed by atoms with E-state index < -0.39 is 0 Å². The van der Waals surface area contributed by atoms with E-state index in [9.17, 15) is 4.79 Å². The summed E-state index contributed by atoms with van der Waals surface area (Å²) < 4.78 is 5.68. The number of benzene rings is 2. The molecule has 0 radical (unpaired) electrons. The van der Waals surface area contributed by atoms with Crippen molar-refractivity contribution in [3.05, 3.63) is 60.2 Å². The highest BCUT2D eigenvalue weighted by atomic mass is 79.9. The molecule has 3 heteroatoms. The molecular weight excluding hydrogens is 292 g/mol. The Hall–Kier alpha value is -1.61. The van der Waals surface area contributed by atoms with Crippen LogP contribution in [0.2, 0.25) is 0 Å². The number of Topliss-reactive ketones (excluding diaryl/α,β-unsaturated/α-hetero) is 1. The molecule has 0 heterocycles. The van der Waals surface area contributed by atoms with Gasteiger partial charge in [0.05, 0.1) is 4.83 Å². The van der Waals surface area contributed by atoms with Gasteiger partial charge in [0.2, 0.25) is 0 Å². The van der Waals surface area contributed by atoms with Crippen molar-refractivity contribution >= 4 is 21.7 Å². The van der Waals surface area contributed by atoms with Gasteiger partial charge in [-0.1, -0.05) is 46.3 Å². The largest absolute Gasteiger partial charge is 0.457 e. The first kappa shape index (κ1) is 12.8. The van der Waals surface area contributed by atoms with Crippen molar-refractivity contribution in [2.75, 3.05) is 0 Å². The van der Waals surface area contributed by atoms with Crippen LogP contribution in [0.1, 0.15) is 17.3 Å². The molecular formula is C15H13BrO2. The summed E-state index contributed by atoms with van der Waals surface area (Å²) in [7, 11) is 0. The Morgan fingerprint density at radius 3 is 2.39 bits per heavy atom. The molecule has 0 aliphatic heterocycles. The summed E-state index contributed by atoms with van der Waals surface area (Å²) in [5, 5.41) is 0. The maximum Gasteiger partial charge on any atom is 0.176 e. The topological polar surface area (TPSA) is 26.3 Å². The summed E-state index contributed by atoms with van der Waals surface area (Å²) >= 11 is 3.28. The van der Waals surface area contributed by atoms with Crippen LogP contribution in [0.25, 0.3) is 0 Å². The van der Waals surface area contributed by atoms with Gasteiger partial charge in [0, 0.05) is 5.56 Å². The number of hydrogen-bond acceptors (Lipinski definition) is 2. The van der Waals surface area contributed by atoms with E-state index in [1.807, 2.05) is 49.4 Å². The summed E-state index contributed by atoms with van der Waals surface area (Å²) in [4.78, 5) is 11.7. The standard InChI is InChI=1S/C15H13BrO2/c1-11(16)15(17)12-6-5-9-14(10-12)18-13-7-3-2-4-8-13/h2-11H,1H3. The molecule has 0 saturated heterocycles. The Bertz CT molecular complexity index is 535. The summed E-state index contributed by atoms with van der Waals surface area (Å²) in [6.07, 6.45) is 0. The molecule has 2 rings (SSSR count). The highest BCUT2D eigenvalue weighted by Crippen LogP contribution is 2.22. The van der Waals surface area contributed by atoms with Crippen LogP contribution in [0.15, 0.2) is 54.6 Å². The number of rotatable bonds is 4. The average Bonchev–Trinajstić information content (AvgIpc) is 2.39. The SMILES string of the molecule is CC(Br)C(=O)c1cccc(Oc2ccccc2)c1. The van der Waals surface area contributed by atoms with Gasteiger partial charge in [-0.2, -0.15) is 0 Å². The smallest absolute Gasteiger partial charge is 0.176 e. The lowest BCUT2D eigenvalue weighted by Gasteiger charge is -2.08. The van der Waals surface area contributed by atoms with E-state index in [-0.39, 0.29) is 10.6 Å². The molecule has 2 nitrogen and oxygen atoms in total. The third-order valence-corrected chi connectivity index (χ3v) is 2.87. The minimum Gasteiger partial charge on any atom is -0.457 e. The fourth-order valence-corrected chi connectivity index (χ4v) is 1.83. The third kappa shape index (κ3) is 3.20. The van der Waals surface area contributed by atoms with Crippen molar-refractivity contribution in [1.82, 2.24) is 0 Å². The van der Waals surface area contributed by atoms with Crippen LogP contribution in [0.3, 0.4) is 0 Å². The lowest BCUT2D eigenvalue weighted by molar-refractivity contribution is 0.0995. The van der Waals surface area contributed by atoms with E-state index in [0.29, 0.717) is 11.3 Å². The zero-order valence-corrected chi connectivity index (χ0v) is 11.6. The van der Waals surface area contributed by atoms with Gasteiger partial charge < -0.3 is 4.74 Å². The second-order valence-electron chi connectivity index (χ2n) is 3.92. The highest BCUT2D eigenvalue weighted by molar-refractivity contribution is 9.10. The highest BCUT2D eigenvalue weighted by Gasteiger charge is 2.12. The second-order valence-corrected chi connectivity index (χ2v) is 5.30. The Balaban J connectivity index is 2.20. The molecule has 0 N–H and O–H groups in total. The monoisotopic (exact) mass is 304 g/mol. The van der Waals surface area contributed by atoms with Gasteiger partial charge in [-0.15, -0.1) is 0 Å². The maximum atomic E-state index is 11.8. The average molecular weight is 305 g/mol. The molecule has 1 unspecified atom stereocenters. The van der Waals surface area contributed by atoms with E-state index in [1.54, 1.807) is 12.1 Å². The van der Waals surface area contributed by atoms with Crippen LogP contribution in [0.5, 0.6) is 11.5 Å². The van der Waals surface area contributed by atoms with Crippen LogP contribution in [0, 0.1) is 0 Å². The molecule has 18 heavy (non-hydrogen) atoms. The lowest BCUT2D eigenvalue weighted by Crippen LogP contribution is -2.09. The third-order valence-electron chi connectivity index (χ3n) is 2.46. The van der Waals surface area contributed by atoms with E-state index in [2.05, 4.69) is 15.9 Å². The van der Waals surface area contributed by atoms with Gasteiger partial charge in [-0.25, -0.2) is 0 Å². The summed E-state index contributed by atoms with van der Waals surface area (Å²) in [6.45, 7) is 1.81. The van der Waals surface area contributed by atoms with E-state index in [4.69, 9.17) is 4.74 Å². The molecule has 0 aliphatic rings. The summed E-state index contributed by atoms with van der Waals surface area (Å²) in [6, 6.07) is 16.7. The number of halogens is 1. The molecule has 0 saturated carbocycles. The fraction of sp³-hybridized carbons (Fsp3) is 0.133. The number of carbonyl (C=O) groups is 1. The van der Waals surface area contributed by atoms with Gasteiger partial charge in [-0.3, -0.25) is 4.79 Å². The van der Waals surface area contributed by atoms with Crippen LogP contribution >= 0.6 is 15.9 Å². The zero-order valence-electron chi connectivity index (χ0n) is 9.97. The van der Waals surface area contributed by atoms with Crippen LogP contribution in [-0.4, -0.2) is 10.6 Å². The zero-order chi connectivity index (χ0) is 13.0. The molecule has 92 valence electrons. The Morgan fingerprint density at radius 2 is 1.72 bits per heavy atom.